The molecule has 0 unspecified atom stereocenters. The highest BCUT2D eigenvalue weighted by Gasteiger charge is 2.18. The summed E-state index contributed by atoms with van der Waals surface area (Å²) in [5.41, 5.74) is 2.37. The molecule has 134 valence electrons. The topological polar surface area (TPSA) is 81.4 Å². The first kappa shape index (κ1) is 18.0. The third kappa shape index (κ3) is 4.86. The monoisotopic (exact) mass is 370 g/mol. The number of hydrogen-bond acceptors (Lipinski definition) is 6. The van der Waals surface area contributed by atoms with E-state index >= 15 is 0 Å². The normalized spacial score (nSPS) is 11.9. The van der Waals surface area contributed by atoms with E-state index in [0.717, 1.165) is 22.8 Å². The average Bonchev–Trinajstić information content (AvgIpc) is 3.08. The maximum atomic E-state index is 12.0. The fraction of sp³-hybridized carbons (Fsp3) is 0.211. The van der Waals surface area contributed by atoms with E-state index in [-0.39, 0.29) is 11.7 Å². The average molecular weight is 370 g/mol. The molecule has 0 aliphatic carbocycles. The van der Waals surface area contributed by atoms with Gasteiger partial charge < -0.3 is 14.5 Å². The van der Waals surface area contributed by atoms with Gasteiger partial charge in [-0.05, 0) is 24.6 Å². The zero-order valence-electron chi connectivity index (χ0n) is 14.2. The Bertz CT molecular complexity index is 862. The molecular formula is C19H18N2O4S. The molecule has 0 fully saturated rings. The fourth-order valence-corrected chi connectivity index (χ4v) is 2.87. The van der Waals surface area contributed by atoms with Crippen molar-refractivity contribution in [2.24, 2.45) is 0 Å². The van der Waals surface area contributed by atoms with Crippen LogP contribution in [0.25, 0.3) is 11.1 Å². The van der Waals surface area contributed by atoms with E-state index in [1.807, 2.05) is 54.6 Å². The number of fused-ring (bicyclic) bond motifs is 1. The van der Waals surface area contributed by atoms with Crippen LogP contribution in [0.4, 0.5) is 0 Å². The highest BCUT2D eigenvalue weighted by molar-refractivity contribution is 7.99. The van der Waals surface area contributed by atoms with Crippen LogP contribution in [0, 0.1) is 0 Å². The van der Waals surface area contributed by atoms with Gasteiger partial charge in [-0.3, -0.25) is 9.59 Å². The van der Waals surface area contributed by atoms with Gasteiger partial charge in [0, 0.05) is 6.54 Å². The van der Waals surface area contributed by atoms with Crippen molar-refractivity contribution in [2.75, 3.05) is 5.75 Å². The van der Waals surface area contributed by atoms with Gasteiger partial charge in [0.1, 0.15) is 11.3 Å². The molecule has 1 atom stereocenters. The Balaban J connectivity index is 1.44. The number of amides is 1. The van der Waals surface area contributed by atoms with Crippen LogP contribution in [0.15, 0.2) is 64.2 Å². The minimum Gasteiger partial charge on any atom is -0.452 e. The van der Waals surface area contributed by atoms with Crippen molar-refractivity contribution in [3.05, 3.63) is 60.2 Å². The first-order valence-electron chi connectivity index (χ1n) is 8.11. The van der Waals surface area contributed by atoms with Crippen LogP contribution < -0.4 is 5.32 Å². The predicted octanol–water partition coefficient (Wildman–Crippen LogP) is 3.17. The van der Waals surface area contributed by atoms with Gasteiger partial charge in [0.25, 0.3) is 11.1 Å². The molecule has 3 aromatic rings. The Morgan fingerprint density at radius 1 is 1.15 bits per heavy atom. The number of nitrogens with zero attached hydrogens (tertiary/aromatic N) is 1. The molecule has 2 aromatic carbocycles. The van der Waals surface area contributed by atoms with Gasteiger partial charge in [-0.2, -0.15) is 0 Å². The van der Waals surface area contributed by atoms with Crippen LogP contribution in [-0.2, 0) is 20.9 Å². The van der Waals surface area contributed by atoms with Crippen molar-refractivity contribution < 1.29 is 18.7 Å². The van der Waals surface area contributed by atoms with E-state index in [9.17, 15) is 9.59 Å². The van der Waals surface area contributed by atoms with Crippen molar-refractivity contribution in [1.29, 1.82) is 0 Å². The molecule has 1 aromatic heterocycles. The molecule has 6 nitrogen and oxygen atoms in total. The minimum absolute atomic E-state index is 0.0170. The summed E-state index contributed by atoms with van der Waals surface area (Å²) in [7, 11) is 0. The molecule has 1 heterocycles. The summed E-state index contributed by atoms with van der Waals surface area (Å²) in [6, 6.07) is 16.9. The second kappa shape index (κ2) is 8.53. The number of benzene rings is 2. The number of thioether (sulfide) groups is 1. The molecule has 0 aliphatic heterocycles. The highest BCUT2D eigenvalue weighted by atomic mass is 32.2. The number of oxazole rings is 1. The lowest BCUT2D eigenvalue weighted by Gasteiger charge is -2.13. The number of carbonyl (C=O) groups is 2. The first-order valence-corrected chi connectivity index (χ1v) is 9.10. The van der Waals surface area contributed by atoms with Gasteiger partial charge in [-0.1, -0.05) is 54.2 Å². The lowest BCUT2D eigenvalue weighted by atomic mass is 10.2. The Morgan fingerprint density at radius 2 is 1.88 bits per heavy atom. The molecule has 0 radical (unpaired) electrons. The minimum atomic E-state index is -0.865. The summed E-state index contributed by atoms with van der Waals surface area (Å²) in [6.45, 7) is 1.93. The standard InChI is InChI=1S/C19H18N2O4S/c1-13(18(23)20-11-14-7-3-2-4-8-14)24-17(22)12-26-19-21-15-9-5-6-10-16(15)25-19/h2-10,13H,11-12H2,1H3,(H,20,23)/t13-/m1/s1. The van der Waals surface area contributed by atoms with Crippen molar-refractivity contribution in [1.82, 2.24) is 10.3 Å². The van der Waals surface area contributed by atoms with Crippen LogP contribution in [-0.4, -0.2) is 28.7 Å². The number of aromatic nitrogens is 1. The number of nitrogens with one attached hydrogen (secondary N) is 1. The number of rotatable bonds is 7. The second-order valence-electron chi connectivity index (χ2n) is 5.57. The second-order valence-corrected chi connectivity index (χ2v) is 6.50. The number of hydrogen-bond donors (Lipinski definition) is 1. The zero-order valence-corrected chi connectivity index (χ0v) is 15.0. The molecule has 0 spiro atoms. The lowest BCUT2D eigenvalue weighted by molar-refractivity contribution is -0.152. The largest absolute Gasteiger partial charge is 0.452 e. The molecule has 1 amide bonds. The molecule has 3 rings (SSSR count). The van der Waals surface area contributed by atoms with Crippen molar-refractivity contribution in [3.8, 4) is 0 Å². The Labute approximate surface area is 154 Å². The van der Waals surface area contributed by atoms with Gasteiger partial charge in [-0.15, -0.1) is 0 Å². The van der Waals surface area contributed by atoms with Crippen LogP contribution in [0.2, 0.25) is 0 Å². The summed E-state index contributed by atoms with van der Waals surface area (Å²) in [5, 5.41) is 3.13. The van der Waals surface area contributed by atoms with E-state index in [1.165, 1.54) is 0 Å². The number of esters is 1. The molecule has 7 heteroatoms. The summed E-state index contributed by atoms with van der Waals surface area (Å²) in [5.74, 6) is -0.822. The fourth-order valence-electron chi connectivity index (χ4n) is 2.25. The summed E-state index contributed by atoms with van der Waals surface area (Å²) >= 11 is 1.13. The molecule has 0 aliphatic rings. The van der Waals surface area contributed by atoms with Gasteiger partial charge in [0.05, 0.1) is 0 Å². The van der Waals surface area contributed by atoms with E-state index < -0.39 is 12.1 Å². The maximum absolute atomic E-state index is 12.0. The SMILES string of the molecule is C[C@@H](OC(=O)CSc1nc2ccccc2o1)C(=O)NCc1ccccc1. The molecular weight excluding hydrogens is 352 g/mol. The van der Waals surface area contributed by atoms with Crippen LogP contribution in [0.5, 0.6) is 0 Å². The van der Waals surface area contributed by atoms with Gasteiger partial charge in [0.2, 0.25) is 0 Å². The summed E-state index contributed by atoms with van der Waals surface area (Å²) < 4.78 is 10.7. The Hall–Kier alpha value is -2.80. The molecule has 1 N–H and O–H groups in total. The van der Waals surface area contributed by atoms with Crippen molar-refractivity contribution >= 4 is 34.7 Å². The predicted molar refractivity (Wildman–Crippen MR) is 98.6 cm³/mol. The van der Waals surface area contributed by atoms with Crippen molar-refractivity contribution in [3.63, 3.8) is 0 Å². The van der Waals surface area contributed by atoms with Crippen LogP contribution in [0.1, 0.15) is 12.5 Å². The number of carbonyl (C=O) groups excluding carboxylic acids is 2. The summed E-state index contributed by atoms with van der Waals surface area (Å²) in [6.07, 6.45) is -0.865. The number of para-hydroxylation sites is 2. The third-order valence-corrected chi connectivity index (χ3v) is 4.38. The highest BCUT2D eigenvalue weighted by Crippen LogP contribution is 2.23. The smallest absolute Gasteiger partial charge is 0.317 e. The van der Waals surface area contributed by atoms with E-state index in [4.69, 9.17) is 9.15 Å². The molecule has 26 heavy (non-hydrogen) atoms. The summed E-state index contributed by atoms with van der Waals surface area (Å²) in [4.78, 5) is 28.2. The van der Waals surface area contributed by atoms with Crippen LogP contribution >= 0.6 is 11.8 Å². The van der Waals surface area contributed by atoms with Crippen LogP contribution in [0.3, 0.4) is 0 Å². The quantitative estimate of drug-likeness (QED) is 0.508. The van der Waals surface area contributed by atoms with E-state index in [1.54, 1.807) is 6.92 Å². The lowest BCUT2D eigenvalue weighted by Crippen LogP contribution is -2.35. The number of ether oxygens (including phenoxy) is 1. The van der Waals surface area contributed by atoms with E-state index in [0.29, 0.717) is 17.4 Å². The molecule has 0 bridgehead atoms. The maximum Gasteiger partial charge on any atom is 0.317 e. The van der Waals surface area contributed by atoms with Gasteiger partial charge in [0.15, 0.2) is 11.7 Å². The molecule has 0 saturated carbocycles. The van der Waals surface area contributed by atoms with Gasteiger partial charge in [-0.25, -0.2) is 4.98 Å². The van der Waals surface area contributed by atoms with Gasteiger partial charge >= 0.3 is 5.97 Å². The Kier molecular flexibility index (Phi) is 5.91. The zero-order chi connectivity index (χ0) is 18.4. The first-order chi connectivity index (χ1) is 12.6. The molecule has 0 saturated heterocycles. The Morgan fingerprint density at radius 3 is 2.65 bits per heavy atom. The van der Waals surface area contributed by atoms with Crippen molar-refractivity contribution in [2.45, 2.75) is 24.8 Å². The van der Waals surface area contributed by atoms with E-state index in [2.05, 4.69) is 10.3 Å². The third-order valence-electron chi connectivity index (χ3n) is 3.57.